The highest BCUT2D eigenvalue weighted by atomic mass is 19.1. The van der Waals surface area contributed by atoms with E-state index in [4.69, 9.17) is 4.74 Å². The summed E-state index contributed by atoms with van der Waals surface area (Å²) in [6.07, 6.45) is 0. The Labute approximate surface area is 166 Å². The first-order valence-corrected chi connectivity index (χ1v) is 8.96. The van der Waals surface area contributed by atoms with Crippen molar-refractivity contribution in [3.05, 3.63) is 77.2 Å². The van der Waals surface area contributed by atoms with Crippen molar-refractivity contribution in [2.24, 2.45) is 0 Å². The minimum atomic E-state index is -1.02. The van der Waals surface area contributed by atoms with Gasteiger partial charge in [-0.1, -0.05) is 12.1 Å². The minimum Gasteiger partial charge on any atom is -0.507 e. The molecule has 0 fully saturated rings. The number of phenols is 1. The molecule has 0 amide bonds. The van der Waals surface area contributed by atoms with Gasteiger partial charge in [-0.05, 0) is 67.4 Å². The van der Waals surface area contributed by atoms with Crippen molar-refractivity contribution in [3.8, 4) is 28.4 Å². The number of halogens is 1. The highest BCUT2D eigenvalue weighted by Crippen LogP contribution is 2.38. The Bertz CT molecular complexity index is 1240. The van der Waals surface area contributed by atoms with Crippen LogP contribution >= 0.6 is 0 Å². The van der Waals surface area contributed by atoms with Crippen LogP contribution in [-0.2, 0) is 0 Å². The van der Waals surface area contributed by atoms with Crippen molar-refractivity contribution < 1.29 is 24.1 Å². The van der Waals surface area contributed by atoms with Gasteiger partial charge in [0, 0.05) is 22.0 Å². The summed E-state index contributed by atoms with van der Waals surface area (Å²) in [5.41, 5.74) is 3.67. The van der Waals surface area contributed by atoms with Gasteiger partial charge in [0.2, 0.25) is 0 Å². The topological polar surface area (TPSA) is 82.6 Å². The average molecular weight is 391 g/mol. The number of H-pyrrole nitrogens is 1. The lowest BCUT2D eigenvalue weighted by atomic mass is 10.0. The summed E-state index contributed by atoms with van der Waals surface area (Å²) in [6.45, 7) is 3.75. The van der Waals surface area contributed by atoms with Crippen LogP contribution in [-0.4, -0.2) is 21.2 Å². The van der Waals surface area contributed by atoms with Crippen molar-refractivity contribution in [2.75, 3.05) is 0 Å². The number of carbonyl (C=O) groups is 1. The second-order valence-electron chi connectivity index (χ2n) is 6.88. The van der Waals surface area contributed by atoms with Gasteiger partial charge in [0.05, 0.1) is 0 Å². The summed E-state index contributed by atoms with van der Waals surface area (Å²) in [6, 6.07) is 14.1. The molecule has 0 radical (unpaired) electrons. The van der Waals surface area contributed by atoms with E-state index in [1.807, 2.05) is 19.9 Å². The summed E-state index contributed by atoms with van der Waals surface area (Å²) >= 11 is 0. The first kappa shape index (κ1) is 18.6. The maximum absolute atomic E-state index is 13.2. The molecule has 0 unspecified atom stereocenters. The molecule has 0 saturated heterocycles. The molecule has 0 bridgehead atoms. The van der Waals surface area contributed by atoms with Crippen LogP contribution in [0.15, 0.2) is 54.6 Å². The Morgan fingerprint density at radius 2 is 1.76 bits per heavy atom. The second-order valence-corrected chi connectivity index (χ2v) is 6.88. The second kappa shape index (κ2) is 6.98. The predicted octanol–water partition coefficient (Wildman–Crippen LogP) is 5.79. The predicted molar refractivity (Wildman–Crippen MR) is 108 cm³/mol. The van der Waals surface area contributed by atoms with E-state index in [-0.39, 0.29) is 17.3 Å². The smallest absolute Gasteiger partial charge is 0.352 e. The number of aromatic carboxylic acids is 1. The molecule has 0 atom stereocenters. The van der Waals surface area contributed by atoms with Gasteiger partial charge in [0.15, 0.2) is 0 Å². The van der Waals surface area contributed by atoms with Crippen molar-refractivity contribution in [1.82, 2.24) is 4.98 Å². The normalized spacial score (nSPS) is 11.0. The van der Waals surface area contributed by atoms with Gasteiger partial charge in [0.25, 0.3) is 0 Å². The Kier molecular flexibility index (Phi) is 4.47. The maximum atomic E-state index is 13.2. The number of nitrogens with one attached hydrogen (secondary N) is 1. The molecule has 29 heavy (non-hydrogen) atoms. The summed E-state index contributed by atoms with van der Waals surface area (Å²) in [7, 11) is 0. The van der Waals surface area contributed by atoms with Crippen molar-refractivity contribution in [3.63, 3.8) is 0 Å². The number of hydrogen-bond donors (Lipinski definition) is 3. The van der Waals surface area contributed by atoms with Gasteiger partial charge in [0.1, 0.15) is 28.8 Å². The molecule has 4 aromatic rings. The molecule has 0 saturated carbocycles. The van der Waals surface area contributed by atoms with E-state index in [2.05, 4.69) is 4.98 Å². The standard InChI is InChI=1S/C23H18FNO4/c1-12-9-19-17(11-20(25-19)23(27)28)13(2)22(12)29-16-7-8-21(26)18(10-16)14-3-5-15(24)6-4-14/h3-11,25-26H,1-2H3,(H,27,28). The van der Waals surface area contributed by atoms with E-state index in [1.165, 1.54) is 18.2 Å². The first-order valence-electron chi connectivity index (χ1n) is 8.96. The highest BCUT2D eigenvalue weighted by Gasteiger charge is 2.16. The number of benzene rings is 3. The van der Waals surface area contributed by atoms with Crippen molar-refractivity contribution >= 4 is 16.9 Å². The van der Waals surface area contributed by atoms with E-state index in [0.29, 0.717) is 22.6 Å². The number of rotatable bonds is 4. The fourth-order valence-electron chi connectivity index (χ4n) is 3.42. The fourth-order valence-corrected chi connectivity index (χ4v) is 3.42. The molecule has 0 spiro atoms. The number of phenolic OH excluding ortho intramolecular Hbond substituents is 1. The lowest BCUT2D eigenvalue weighted by Gasteiger charge is -2.14. The van der Waals surface area contributed by atoms with Crippen LogP contribution in [0, 0.1) is 19.7 Å². The summed E-state index contributed by atoms with van der Waals surface area (Å²) < 4.78 is 19.3. The molecule has 1 heterocycles. The van der Waals surface area contributed by atoms with Crippen LogP contribution < -0.4 is 4.74 Å². The van der Waals surface area contributed by atoms with Crippen LogP contribution in [0.4, 0.5) is 4.39 Å². The number of aryl methyl sites for hydroxylation is 2. The van der Waals surface area contributed by atoms with Crippen LogP contribution in [0.2, 0.25) is 0 Å². The van der Waals surface area contributed by atoms with E-state index in [0.717, 1.165) is 22.0 Å². The number of aromatic nitrogens is 1. The van der Waals surface area contributed by atoms with E-state index >= 15 is 0 Å². The monoisotopic (exact) mass is 391 g/mol. The summed E-state index contributed by atoms with van der Waals surface area (Å²) in [4.78, 5) is 14.1. The van der Waals surface area contributed by atoms with Crippen LogP contribution in [0.1, 0.15) is 21.6 Å². The molecule has 146 valence electrons. The van der Waals surface area contributed by atoms with Gasteiger partial charge >= 0.3 is 5.97 Å². The van der Waals surface area contributed by atoms with Crippen LogP contribution in [0.25, 0.3) is 22.0 Å². The van der Waals surface area contributed by atoms with Crippen LogP contribution in [0.3, 0.4) is 0 Å². The number of carboxylic acid groups (broad SMARTS) is 1. The molecule has 3 aromatic carbocycles. The lowest BCUT2D eigenvalue weighted by molar-refractivity contribution is 0.0691. The zero-order chi connectivity index (χ0) is 20.7. The highest BCUT2D eigenvalue weighted by molar-refractivity contribution is 5.96. The number of aromatic amines is 1. The number of fused-ring (bicyclic) bond motifs is 1. The van der Waals surface area contributed by atoms with Gasteiger partial charge in [-0.15, -0.1) is 0 Å². The molecule has 0 aliphatic carbocycles. The first-order chi connectivity index (χ1) is 13.8. The van der Waals surface area contributed by atoms with Crippen molar-refractivity contribution in [2.45, 2.75) is 13.8 Å². The Morgan fingerprint density at radius 3 is 2.45 bits per heavy atom. The number of ether oxygens (including phenoxy) is 1. The zero-order valence-electron chi connectivity index (χ0n) is 15.8. The molecule has 1 aromatic heterocycles. The Balaban J connectivity index is 1.76. The molecule has 0 aliphatic heterocycles. The summed E-state index contributed by atoms with van der Waals surface area (Å²) in [5.74, 6) is -0.203. The van der Waals surface area contributed by atoms with E-state index in [1.54, 1.807) is 30.3 Å². The van der Waals surface area contributed by atoms with Crippen molar-refractivity contribution in [1.29, 1.82) is 0 Å². The third kappa shape index (κ3) is 3.40. The fraction of sp³-hybridized carbons (Fsp3) is 0.0870. The largest absolute Gasteiger partial charge is 0.507 e. The third-order valence-corrected chi connectivity index (χ3v) is 4.89. The number of aromatic hydroxyl groups is 1. The van der Waals surface area contributed by atoms with Gasteiger partial charge in [-0.3, -0.25) is 0 Å². The Hall–Kier alpha value is -3.80. The van der Waals surface area contributed by atoms with Gasteiger partial charge in [-0.2, -0.15) is 0 Å². The lowest BCUT2D eigenvalue weighted by Crippen LogP contribution is -1.94. The third-order valence-electron chi connectivity index (χ3n) is 4.89. The average Bonchev–Trinajstić information content (AvgIpc) is 3.12. The van der Waals surface area contributed by atoms with Crippen LogP contribution in [0.5, 0.6) is 17.2 Å². The number of hydrogen-bond acceptors (Lipinski definition) is 3. The molecule has 5 nitrogen and oxygen atoms in total. The quantitative estimate of drug-likeness (QED) is 0.411. The van der Waals surface area contributed by atoms with E-state index in [9.17, 15) is 19.4 Å². The molecule has 6 heteroatoms. The number of carboxylic acids is 1. The zero-order valence-corrected chi connectivity index (χ0v) is 15.8. The molecular formula is C23H18FNO4. The molecule has 3 N–H and O–H groups in total. The van der Waals surface area contributed by atoms with Gasteiger partial charge in [-0.25, -0.2) is 9.18 Å². The minimum absolute atomic E-state index is 0.0598. The molecule has 4 rings (SSSR count). The summed E-state index contributed by atoms with van der Waals surface area (Å²) in [5, 5.41) is 20.2. The maximum Gasteiger partial charge on any atom is 0.352 e. The molecular weight excluding hydrogens is 373 g/mol. The Morgan fingerprint density at radius 1 is 1.03 bits per heavy atom. The molecule has 0 aliphatic rings. The van der Waals surface area contributed by atoms with Gasteiger partial charge < -0.3 is 19.9 Å². The SMILES string of the molecule is Cc1cc2[nH]c(C(=O)O)cc2c(C)c1Oc1ccc(O)c(-c2ccc(F)cc2)c1. The van der Waals surface area contributed by atoms with E-state index < -0.39 is 5.97 Å².